The monoisotopic (exact) mass is 448 g/mol. The summed E-state index contributed by atoms with van der Waals surface area (Å²) < 4.78 is 11.0. The molecule has 2 aliphatic rings. The number of piperidine rings is 1. The summed E-state index contributed by atoms with van der Waals surface area (Å²) in [5.74, 6) is 1.31. The molecule has 0 atom stereocenters. The van der Waals surface area contributed by atoms with Gasteiger partial charge in [-0.25, -0.2) is 4.79 Å². The number of hydrogen-bond acceptors (Lipinski definition) is 5. The van der Waals surface area contributed by atoms with Crippen molar-refractivity contribution in [3.63, 3.8) is 0 Å². The van der Waals surface area contributed by atoms with Crippen molar-refractivity contribution in [2.24, 2.45) is 5.10 Å². The molecule has 0 saturated carbocycles. The molecule has 1 fully saturated rings. The fraction of sp³-hybridized carbons (Fsp3) is 0.320. The Morgan fingerprint density at radius 1 is 1.06 bits per heavy atom. The highest BCUT2D eigenvalue weighted by molar-refractivity contribution is 6.16. The molecule has 4 rings (SSSR count). The highest BCUT2D eigenvalue weighted by Crippen LogP contribution is 2.35. The molecule has 3 amide bonds. The highest BCUT2D eigenvalue weighted by atomic mass is 16.5. The van der Waals surface area contributed by atoms with Gasteiger partial charge >= 0.3 is 6.03 Å². The molecular formula is C25H28N4O4. The molecule has 8 nitrogen and oxygen atoms in total. The highest BCUT2D eigenvalue weighted by Gasteiger charge is 2.25. The third kappa shape index (κ3) is 4.28. The number of nitrogens with one attached hydrogen (secondary N) is 1. The first-order valence-corrected chi connectivity index (χ1v) is 10.9. The van der Waals surface area contributed by atoms with Gasteiger partial charge in [-0.15, -0.1) is 0 Å². The Bertz CT molecular complexity index is 1140. The molecule has 0 spiro atoms. The Hall–Kier alpha value is -3.81. The van der Waals surface area contributed by atoms with Crippen LogP contribution in [0, 0.1) is 0 Å². The van der Waals surface area contributed by atoms with Gasteiger partial charge in [0.05, 0.1) is 19.9 Å². The van der Waals surface area contributed by atoms with Crippen molar-refractivity contribution in [1.82, 2.24) is 10.3 Å². The van der Waals surface area contributed by atoms with E-state index in [0.29, 0.717) is 29.3 Å². The molecule has 1 N–H and O–H groups in total. The van der Waals surface area contributed by atoms with Gasteiger partial charge in [0, 0.05) is 42.5 Å². The van der Waals surface area contributed by atoms with Gasteiger partial charge in [-0.2, -0.15) is 10.1 Å². The minimum atomic E-state index is -0.344. The molecule has 172 valence electrons. The Morgan fingerprint density at radius 2 is 1.76 bits per heavy atom. The van der Waals surface area contributed by atoms with Crippen molar-refractivity contribution in [2.75, 3.05) is 32.7 Å². The van der Waals surface area contributed by atoms with Crippen LogP contribution in [-0.2, 0) is 4.79 Å². The van der Waals surface area contributed by atoms with Crippen molar-refractivity contribution >= 4 is 29.4 Å². The SMILES string of the molecule is CNC(=O)N1N=C(c2ccc(N3CCCCC3=O)cc2)c2cc(OC)c(OC)cc2C=C1C. The van der Waals surface area contributed by atoms with Crippen molar-refractivity contribution in [3.8, 4) is 11.5 Å². The summed E-state index contributed by atoms with van der Waals surface area (Å²) in [6.45, 7) is 2.56. The number of allylic oxidation sites excluding steroid dienone is 1. The lowest BCUT2D eigenvalue weighted by Crippen LogP contribution is -2.35. The van der Waals surface area contributed by atoms with Crippen LogP contribution in [0.2, 0.25) is 0 Å². The van der Waals surface area contributed by atoms with Gasteiger partial charge in [0.2, 0.25) is 5.91 Å². The smallest absolute Gasteiger partial charge is 0.342 e. The first-order valence-electron chi connectivity index (χ1n) is 10.9. The molecule has 0 aromatic heterocycles. The first kappa shape index (κ1) is 22.4. The van der Waals surface area contributed by atoms with Crippen LogP contribution in [0.5, 0.6) is 11.5 Å². The molecule has 0 bridgehead atoms. The number of carbonyl (C=O) groups excluding carboxylic acids is 2. The van der Waals surface area contributed by atoms with Gasteiger partial charge in [-0.1, -0.05) is 12.1 Å². The van der Waals surface area contributed by atoms with Crippen LogP contribution < -0.4 is 19.7 Å². The van der Waals surface area contributed by atoms with Crippen molar-refractivity contribution in [3.05, 3.63) is 58.8 Å². The van der Waals surface area contributed by atoms with Crippen LogP contribution in [0.4, 0.5) is 10.5 Å². The van der Waals surface area contributed by atoms with Crippen molar-refractivity contribution in [2.45, 2.75) is 26.2 Å². The predicted octanol–water partition coefficient (Wildman–Crippen LogP) is 3.99. The number of carbonyl (C=O) groups is 2. The zero-order chi connectivity index (χ0) is 23.5. The summed E-state index contributed by atoms with van der Waals surface area (Å²) in [6, 6.07) is 11.1. The first-order chi connectivity index (χ1) is 16.0. The molecule has 2 aliphatic heterocycles. The van der Waals surface area contributed by atoms with E-state index < -0.39 is 0 Å². The number of urea groups is 1. The zero-order valence-electron chi connectivity index (χ0n) is 19.3. The maximum Gasteiger partial charge on any atom is 0.342 e. The number of hydrogen-bond donors (Lipinski definition) is 1. The third-order valence-corrected chi connectivity index (χ3v) is 5.89. The molecule has 0 aliphatic carbocycles. The van der Waals surface area contributed by atoms with E-state index in [9.17, 15) is 9.59 Å². The number of ether oxygens (including phenoxy) is 2. The Kier molecular flexibility index (Phi) is 6.35. The molecule has 2 heterocycles. The van der Waals surface area contributed by atoms with Gasteiger partial charge in [0.15, 0.2) is 11.5 Å². The lowest BCUT2D eigenvalue weighted by molar-refractivity contribution is -0.119. The second kappa shape index (κ2) is 9.36. The van der Waals surface area contributed by atoms with E-state index in [-0.39, 0.29) is 11.9 Å². The molecular weight excluding hydrogens is 420 g/mol. The standard InChI is InChI=1S/C25H28N4O4/c1-16-13-18-14-21(32-3)22(33-4)15-20(18)24(27-29(16)25(31)26-2)17-8-10-19(11-9-17)28-12-6-5-7-23(28)30/h8-11,13-15H,5-7,12H2,1-4H3,(H,26,31). The van der Waals surface area contributed by atoms with E-state index >= 15 is 0 Å². The number of benzene rings is 2. The van der Waals surface area contributed by atoms with Gasteiger partial charge in [0.1, 0.15) is 0 Å². The largest absolute Gasteiger partial charge is 0.493 e. The Morgan fingerprint density at radius 3 is 2.39 bits per heavy atom. The summed E-state index contributed by atoms with van der Waals surface area (Å²) in [5, 5.41) is 8.70. The van der Waals surface area contributed by atoms with Crippen molar-refractivity contribution in [1.29, 1.82) is 0 Å². The minimum Gasteiger partial charge on any atom is -0.493 e. The molecule has 2 aromatic rings. The summed E-state index contributed by atoms with van der Waals surface area (Å²) in [7, 11) is 4.74. The number of amides is 3. The van der Waals surface area contributed by atoms with Crippen LogP contribution >= 0.6 is 0 Å². The number of anilines is 1. The second-order valence-corrected chi connectivity index (χ2v) is 7.95. The zero-order valence-corrected chi connectivity index (χ0v) is 19.3. The maximum absolute atomic E-state index is 12.6. The third-order valence-electron chi connectivity index (χ3n) is 5.89. The van der Waals surface area contributed by atoms with Crippen LogP contribution in [0.25, 0.3) is 6.08 Å². The second-order valence-electron chi connectivity index (χ2n) is 7.95. The summed E-state index contributed by atoms with van der Waals surface area (Å²) in [4.78, 5) is 26.7. The maximum atomic E-state index is 12.6. The van der Waals surface area contributed by atoms with Crippen LogP contribution in [0.3, 0.4) is 0 Å². The number of methoxy groups -OCH3 is 2. The number of hydrazone groups is 1. The number of nitrogens with zero attached hydrogens (tertiary/aromatic N) is 3. The number of rotatable bonds is 4. The van der Waals surface area contributed by atoms with E-state index in [2.05, 4.69) is 5.32 Å². The van der Waals surface area contributed by atoms with Gasteiger partial charge in [-0.05, 0) is 55.7 Å². The van der Waals surface area contributed by atoms with Crippen LogP contribution in [0.1, 0.15) is 42.9 Å². The summed E-state index contributed by atoms with van der Waals surface area (Å²) in [6.07, 6.45) is 4.41. The lowest BCUT2D eigenvalue weighted by Gasteiger charge is -2.27. The topological polar surface area (TPSA) is 83.5 Å². The summed E-state index contributed by atoms with van der Waals surface area (Å²) in [5.41, 5.74) is 4.61. The van der Waals surface area contributed by atoms with E-state index in [1.54, 1.807) is 21.3 Å². The van der Waals surface area contributed by atoms with Gasteiger partial charge in [0.25, 0.3) is 0 Å². The van der Waals surface area contributed by atoms with Gasteiger partial charge < -0.3 is 19.7 Å². The predicted molar refractivity (Wildman–Crippen MR) is 128 cm³/mol. The van der Waals surface area contributed by atoms with E-state index in [1.807, 2.05) is 54.3 Å². The van der Waals surface area contributed by atoms with Crippen LogP contribution in [0.15, 0.2) is 47.2 Å². The average molecular weight is 449 g/mol. The normalized spacial score (nSPS) is 15.8. The molecule has 33 heavy (non-hydrogen) atoms. The molecule has 8 heteroatoms. The quantitative estimate of drug-likeness (QED) is 0.767. The van der Waals surface area contributed by atoms with E-state index in [1.165, 1.54) is 5.01 Å². The number of fused-ring (bicyclic) bond motifs is 1. The fourth-order valence-corrected chi connectivity index (χ4v) is 4.14. The minimum absolute atomic E-state index is 0.147. The Labute approximate surface area is 193 Å². The van der Waals surface area contributed by atoms with Crippen LogP contribution in [-0.4, -0.2) is 50.5 Å². The fourth-order valence-electron chi connectivity index (χ4n) is 4.14. The lowest BCUT2D eigenvalue weighted by atomic mass is 9.96. The average Bonchev–Trinajstić information content (AvgIpc) is 2.98. The molecule has 0 unspecified atom stereocenters. The van der Waals surface area contributed by atoms with Crippen molar-refractivity contribution < 1.29 is 19.1 Å². The molecule has 2 aromatic carbocycles. The van der Waals surface area contributed by atoms with Gasteiger partial charge in [-0.3, -0.25) is 4.79 Å². The van der Waals surface area contributed by atoms with E-state index in [4.69, 9.17) is 14.6 Å². The van der Waals surface area contributed by atoms with E-state index in [0.717, 1.165) is 41.8 Å². The Balaban J connectivity index is 1.83. The molecule has 1 saturated heterocycles. The summed E-state index contributed by atoms with van der Waals surface area (Å²) >= 11 is 0. The molecule has 0 radical (unpaired) electrons.